The first-order chi connectivity index (χ1) is 12.0. The SMILES string of the molecule is O=C1OCCN1CCOC(=O)C1(c2ccc(Cl)cc2Cl)CCOCC1. The molecule has 1 amide bonds. The van der Waals surface area contributed by atoms with Crippen LogP contribution in [-0.2, 0) is 24.4 Å². The second kappa shape index (κ2) is 7.81. The maximum atomic E-state index is 12.9. The van der Waals surface area contributed by atoms with Crippen molar-refractivity contribution in [3.63, 3.8) is 0 Å². The first-order valence-electron chi connectivity index (χ1n) is 8.15. The van der Waals surface area contributed by atoms with Gasteiger partial charge in [-0.05, 0) is 30.5 Å². The van der Waals surface area contributed by atoms with E-state index in [1.165, 1.54) is 4.90 Å². The van der Waals surface area contributed by atoms with Gasteiger partial charge in [0.15, 0.2) is 0 Å². The number of nitrogens with zero attached hydrogens (tertiary/aromatic N) is 1. The molecule has 8 heteroatoms. The normalized spacial score (nSPS) is 19.6. The molecular weight excluding hydrogens is 369 g/mol. The van der Waals surface area contributed by atoms with E-state index in [1.807, 2.05) is 0 Å². The van der Waals surface area contributed by atoms with Crippen molar-refractivity contribution in [2.45, 2.75) is 18.3 Å². The van der Waals surface area contributed by atoms with Crippen LogP contribution in [0.3, 0.4) is 0 Å². The van der Waals surface area contributed by atoms with Gasteiger partial charge in [0.25, 0.3) is 0 Å². The zero-order chi connectivity index (χ0) is 17.9. The predicted octanol–water partition coefficient (Wildman–Crippen LogP) is 3.04. The Labute approximate surface area is 155 Å². The van der Waals surface area contributed by atoms with Crippen LogP contribution in [0.25, 0.3) is 0 Å². The highest BCUT2D eigenvalue weighted by molar-refractivity contribution is 6.35. The highest BCUT2D eigenvalue weighted by atomic mass is 35.5. The van der Waals surface area contributed by atoms with Crippen LogP contribution in [0, 0.1) is 0 Å². The molecule has 0 N–H and O–H groups in total. The minimum absolute atomic E-state index is 0.113. The highest BCUT2D eigenvalue weighted by Gasteiger charge is 2.44. The Bertz CT molecular complexity index is 660. The van der Waals surface area contributed by atoms with E-state index >= 15 is 0 Å². The fourth-order valence-electron chi connectivity index (χ4n) is 3.20. The molecule has 0 saturated carbocycles. The molecule has 6 nitrogen and oxygen atoms in total. The molecule has 136 valence electrons. The van der Waals surface area contributed by atoms with E-state index in [1.54, 1.807) is 18.2 Å². The lowest BCUT2D eigenvalue weighted by molar-refractivity contribution is -0.155. The summed E-state index contributed by atoms with van der Waals surface area (Å²) in [4.78, 5) is 25.9. The zero-order valence-electron chi connectivity index (χ0n) is 13.6. The van der Waals surface area contributed by atoms with Gasteiger partial charge in [0, 0.05) is 23.3 Å². The number of rotatable bonds is 5. The topological polar surface area (TPSA) is 65.1 Å². The van der Waals surface area contributed by atoms with Crippen LogP contribution in [0.1, 0.15) is 18.4 Å². The molecular formula is C17H19Cl2NO5. The summed E-state index contributed by atoms with van der Waals surface area (Å²) >= 11 is 12.3. The number of benzene rings is 1. The third-order valence-corrected chi connectivity index (χ3v) is 5.17. The van der Waals surface area contributed by atoms with Gasteiger partial charge in [0.1, 0.15) is 13.2 Å². The summed E-state index contributed by atoms with van der Waals surface area (Å²) in [6.07, 6.45) is 0.593. The summed E-state index contributed by atoms with van der Waals surface area (Å²) in [6, 6.07) is 5.12. The minimum Gasteiger partial charge on any atom is -0.463 e. The van der Waals surface area contributed by atoms with E-state index in [0.29, 0.717) is 61.4 Å². The summed E-state index contributed by atoms with van der Waals surface area (Å²) in [6.45, 7) is 2.21. The molecule has 0 radical (unpaired) electrons. The summed E-state index contributed by atoms with van der Waals surface area (Å²) in [5, 5.41) is 0.950. The summed E-state index contributed by atoms with van der Waals surface area (Å²) in [5.41, 5.74) is -0.154. The minimum atomic E-state index is -0.856. The highest BCUT2D eigenvalue weighted by Crippen LogP contribution is 2.40. The predicted molar refractivity (Wildman–Crippen MR) is 92.1 cm³/mol. The van der Waals surface area contributed by atoms with Gasteiger partial charge in [0.05, 0.1) is 18.5 Å². The molecule has 0 aliphatic carbocycles. The number of cyclic esters (lactones) is 1. The summed E-state index contributed by atoms with van der Waals surface area (Å²) < 4.78 is 15.8. The molecule has 2 heterocycles. The van der Waals surface area contributed by atoms with E-state index in [-0.39, 0.29) is 18.7 Å². The molecule has 0 atom stereocenters. The molecule has 2 aliphatic rings. The Morgan fingerprint density at radius 3 is 2.64 bits per heavy atom. The van der Waals surface area contributed by atoms with Gasteiger partial charge in [-0.2, -0.15) is 0 Å². The number of hydrogen-bond donors (Lipinski definition) is 0. The first-order valence-corrected chi connectivity index (χ1v) is 8.91. The molecule has 1 aromatic carbocycles. The van der Waals surface area contributed by atoms with Gasteiger partial charge in [-0.15, -0.1) is 0 Å². The molecule has 3 rings (SSSR count). The van der Waals surface area contributed by atoms with Gasteiger partial charge in [-0.1, -0.05) is 29.3 Å². The largest absolute Gasteiger partial charge is 0.463 e. The molecule has 1 aromatic rings. The van der Waals surface area contributed by atoms with Crippen molar-refractivity contribution in [3.05, 3.63) is 33.8 Å². The standard InChI is InChI=1S/C17H19Cl2NO5/c18-12-1-2-13(14(19)11-12)17(3-7-23-8-4-17)15(21)24-9-5-20-6-10-25-16(20)22/h1-2,11H,3-10H2. The van der Waals surface area contributed by atoms with E-state index in [4.69, 9.17) is 37.4 Å². The Balaban J connectivity index is 1.73. The number of carbonyl (C=O) groups is 2. The maximum absolute atomic E-state index is 12.9. The number of carbonyl (C=O) groups excluding carboxylic acids is 2. The van der Waals surface area contributed by atoms with E-state index in [9.17, 15) is 9.59 Å². The molecule has 0 aromatic heterocycles. The number of halogens is 2. The molecule has 2 fully saturated rings. The first kappa shape index (κ1) is 18.3. The van der Waals surface area contributed by atoms with Gasteiger partial charge >= 0.3 is 12.1 Å². The maximum Gasteiger partial charge on any atom is 0.410 e. The van der Waals surface area contributed by atoms with Crippen LogP contribution in [0.5, 0.6) is 0 Å². The van der Waals surface area contributed by atoms with Crippen LogP contribution >= 0.6 is 23.2 Å². The lowest BCUT2D eigenvalue weighted by Gasteiger charge is -2.36. The van der Waals surface area contributed by atoms with Gasteiger partial charge in [-0.25, -0.2) is 4.79 Å². The van der Waals surface area contributed by atoms with Crippen LogP contribution in [0.2, 0.25) is 10.0 Å². The van der Waals surface area contributed by atoms with Crippen LogP contribution < -0.4 is 0 Å². The van der Waals surface area contributed by atoms with Crippen molar-refractivity contribution in [2.75, 3.05) is 39.5 Å². The van der Waals surface area contributed by atoms with Gasteiger partial charge < -0.3 is 19.1 Å². The average Bonchev–Trinajstić information content (AvgIpc) is 3.00. The number of amides is 1. The van der Waals surface area contributed by atoms with Crippen molar-refractivity contribution >= 4 is 35.3 Å². The smallest absolute Gasteiger partial charge is 0.410 e. The monoisotopic (exact) mass is 387 g/mol. The molecule has 0 spiro atoms. The van der Waals surface area contributed by atoms with Crippen molar-refractivity contribution in [3.8, 4) is 0 Å². The summed E-state index contributed by atoms with van der Waals surface area (Å²) in [5.74, 6) is -0.354. The average molecular weight is 388 g/mol. The van der Waals surface area contributed by atoms with Crippen LogP contribution in [0.15, 0.2) is 18.2 Å². The number of esters is 1. The van der Waals surface area contributed by atoms with Crippen molar-refractivity contribution < 1.29 is 23.8 Å². The lowest BCUT2D eigenvalue weighted by atomic mass is 9.74. The Morgan fingerprint density at radius 2 is 2.00 bits per heavy atom. The Morgan fingerprint density at radius 1 is 1.24 bits per heavy atom. The third kappa shape index (κ3) is 3.86. The summed E-state index contributed by atoms with van der Waals surface area (Å²) in [7, 11) is 0. The fraction of sp³-hybridized carbons (Fsp3) is 0.529. The van der Waals surface area contributed by atoms with Crippen molar-refractivity contribution in [2.24, 2.45) is 0 Å². The van der Waals surface area contributed by atoms with E-state index < -0.39 is 5.41 Å². The van der Waals surface area contributed by atoms with Crippen LogP contribution in [-0.4, -0.2) is 56.5 Å². The third-order valence-electron chi connectivity index (χ3n) is 4.62. The quantitative estimate of drug-likeness (QED) is 0.726. The second-order valence-corrected chi connectivity index (χ2v) is 6.90. The molecule has 0 bridgehead atoms. The molecule has 2 aliphatic heterocycles. The van der Waals surface area contributed by atoms with Crippen LogP contribution in [0.4, 0.5) is 4.79 Å². The van der Waals surface area contributed by atoms with Crippen molar-refractivity contribution in [1.29, 1.82) is 0 Å². The second-order valence-electron chi connectivity index (χ2n) is 6.06. The lowest BCUT2D eigenvalue weighted by Crippen LogP contribution is -2.43. The molecule has 2 saturated heterocycles. The number of hydrogen-bond acceptors (Lipinski definition) is 5. The fourth-order valence-corrected chi connectivity index (χ4v) is 3.79. The van der Waals surface area contributed by atoms with E-state index in [0.717, 1.165) is 0 Å². The van der Waals surface area contributed by atoms with Gasteiger partial charge in [0.2, 0.25) is 0 Å². The van der Waals surface area contributed by atoms with E-state index in [2.05, 4.69) is 0 Å². The zero-order valence-corrected chi connectivity index (χ0v) is 15.1. The molecule has 25 heavy (non-hydrogen) atoms. The Kier molecular flexibility index (Phi) is 5.71. The molecule has 0 unspecified atom stereocenters. The number of ether oxygens (including phenoxy) is 3. The van der Waals surface area contributed by atoms with Crippen molar-refractivity contribution in [1.82, 2.24) is 4.90 Å². The Hall–Kier alpha value is -1.50. The van der Waals surface area contributed by atoms with Gasteiger partial charge in [-0.3, -0.25) is 4.79 Å².